The van der Waals surface area contributed by atoms with Gasteiger partial charge in [0, 0.05) is 50.8 Å². The number of hydrogen-bond donors (Lipinski definition) is 1. The third kappa shape index (κ3) is 7.34. The first-order valence-corrected chi connectivity index (χ1v) is 13.5. The zero-order valence-corrected chi connectivity index (χ0v) is 22.7. The third-order valence-corrected chi connectivity index (χ3v) is 7.19. The van der Waals surface area contributed by atoms with E-state index in [-0.39, 0.29) is 12.2 Å². The molecule has 40 heavy (non-hydrogen) atoms. The first-order valence-electron chi connectivity index (χ1n) is 13.5. The molecule has 5 rings (SSSR count). The zero-order chi connectivity index (χ0) is 27.9. The Morgan fingerprint density at radius 2 is 1.70 bits per heavy atom. The van der Waals surface area contributed by atoms with E-state index in [1.165, 1.54) is 29.0 Å². The highest BCUT2D eigenvalue weighted by Gasteiger charge is 2.24. The number of aryl methyl sites for hydroxylation is 2. The first-order chi connectivity index (χ1) is 19.4. The number of benzene rings is 3. The molecule has 0 saturated carbocycles. The van der Waals surface area contributed by atoms with E-state index in [1.807, 2.05) is 42.1 Å². The second-order valence-electron chi connectivity index (χ2n) is 10.2. The molecule has 0 saturated heterocycles. The van der Waals surface area contributed by atoms with Gasteiger partial charge in [-0.05, 0) is 52.9 Å². The Hall–Kier alpha value is -4.01. The number of fused-ring (bicyclic) bond motifs is 1. The van der Waals surface area contributed by atoms with Crippen molar-refractivity contribution in [3.8, 4) is 5.75 Å². The Bertz CT molecular complexity index is 1430. The molecule has 0 unspecified atom stereocenters. The molecule has 1 aliphatic heterocycles. The van der Waals surface area contributed by atoms with Gasteiger partial charge in [0.05, 0.1) is 18.9 Å². The summed E-state index contributed by atoms with van der Waals surface area (Å²) < 4.78 is 27.2. The van der Waals surface area contributed by atoms with Crippen LogP contribution in [-0.4, -0.2) is 32.3 Å². The lowest BCUT2D eigenvalue weighted by Gasteiger charge is -2.27. The van der Waals surface area contributed by atoms with Crippen LogP contribution in [-0.2, 0) is 62.3 Å². The van der Waals surface area contributed by atoms with Crippen LogP contribution in [0.2, 0.25) is 0 Å². The van der Waals surface area contributed by atoms with Gasteiger partial charge in [-0.15, -0.1) is 0 Å². The van der Waals surface area contributed by atoms with E-state index in [9.17, 15) is 9.18 Å². The Morgan fingerprint density at radius 3 is 2.45 bits per heavy atom. The van der Waals surface area contributed by atoms with E-state index in [0.717, 1.165) is 54.2 Å². The molecule has 2 heterocycles. The molecule has 0 amide bonds. The molecule has 3 aromatic carbocycles. The number of carboxylic acid groups (broad SMARTS) is 1. The number of ether oxygens (including phenoxy) is 2. The van der Waals surface area contributed by atoms with Crippen LogP contribution in [0.4, 0.5) is 4.39 Å². The highest BCUT2D eigenvalue weighted by atomic mass is 19.1. The predicted molar refractivity (Wildman–Crippen MR) is 149 cm³/mol. The maximum absolute atomic E-state index is 13.5. The van der Waals surface area contributed by atoms with Crippen molar-refractivity contribution in [2.75, 3.05) is 6.54 Å². The lowest BCUT2D eigenvalue weighted by molar-refractivity contribution is -0.136. The van der Waals surface area contributed by atoms with Crippen molar-refractivity contribution >= 4 is 5.97 Å². The number of aliphatic carboxylic acids is 1. The van der Waals surface area contributed by atoms with Crippen molar-refractivity contribution in [1.82, 2.24) is 14.7 Å². The number of carboxylic acids is 1. The lowest BCUT2D eigenvalue weighted by atomic mass is 10.0. The molecule has 0 spiro atoms. The molecule has 0 radical (unpaired) electrons. The van der Waals surface area contributed by atoms with Crippen LogP contribution in [0.15, 0.2) is 72.8 Å². The Labute approximate surface area is 233 Å². The van der Waals surface area contributed by atoms with Gasteiger partial charge < -0.3 is 14.6 Å². The van der Waals surface area contributed by atoms with Crippen LogP contribution in [0.3, 0.4) is 0 Å². The van der Waals surface area contributed by atoms with Crippen molar-refractivity contribution < 1.29 is 23.8 Å². The van der Waals surface area contributed by atoms with E-state index in [4.69, 9.17) is 19.7 Å². The monoisotopic (exact) mass is 543 g/mol. The second kappa shape index (κ2) is 12.9. The zero-order valence-electron chi connectivity index (χ0n) is 22.7. The topological polar surface area (TPSA) is 76.8 Å². The van der Waals surface area contributed by atoms with Crippen molar-refractivity contribution in [3.05, 3.63) is 118 Å². The number of aromatic nitrogens is 2. The van der Waals surface area contributed by atoms with Crippen LogP contribution in [0.5, 0.6) is 5.75 Å². The first kappa shape index (κ1) is 27.6. The number of halogens is 1. The number of nitrogens with zero attached hydrogens (tertiary/aromatic N) is 3. The van der Waals surface area contributed by atoms with Crippen LogP contribution < -0.4 is 4.74 Å². The molecule has 0 fully saturated rings. The van der Waals surface area contributed by atoms with Crippen molar-refractivity contribution in [2.24, 2.45) is 7.05 Å². The fourth-order valence-corrected chi connectivity index (χ4v) is 5.04. The fourth-order valence-electron chi connectivity index (χ4n) is 5.04. The summed E-state index contributed by atoms with van der Waals surface area (Å²) in [6.45, 7) is 3.83. The van der Waals surface area contributed by atoms with Gasteiger partial charge in [-0.2, -0.15) is 5.10 Å². The molecule has 4 aromatic rings. The normalized spacial score (nSPS) is 13.2. The van der Waals surface area contributed by atoms with Gasteiger partial charge in [-0.3, -0.25) is 14.4 Å². The summed E-state index contributed by atoms with van der Waals surface area (Å²) in [5.41, 5.74) is 7.55. The maximum atomic E-state index is 13.5. The largest absolute Gasteiger partial charge is 0.489 e. The van der Waals surface area contributed by atoms with E-state index >= 15 is 0 Å². The van der Waals surface area contributed by atoms with Crippen molar-refractivity contribution in [3.63, 3.8) is 0 Å². The lowest BCUT2D eigenvalue weighted by Crippen LogP contribution is -2.30. The van der Waals surface area contributed by atoms with Gasteiger partial charge in [0.2, 0.25) is 0 Å². The van der Waals surface area contributed by atoms with Gasteiger partial charge in [0.25, 0.3) is 0 Å². The summed E-state index contributed by atoms with van der Waals surface area (Å²) >= 11 is 0. The van der Waals surface area contributed by atoms with Crippen LogP contribution in [0, 0.1) is 5.82 Å². The highest BCUT2D eigenvalue weighted by molar-refractivity contribution is 5.67. The van der Waals surface area contributed by atoms with Crippen molar-refractivity contribution in [1.29, 1.82) is 0 Å². The SMILES string of the molecule is Cn1nc(COCc2cccc(F)c2)c2c1CCN(Cc1ccc(COc3ccc(CCC(=O)O)cc3)cc1)C2. The molecule has 1 N–H and O–H groups in total. The molecule has 0 atom stereocenters. The summed E-state index contributed by atoms with van der Waals surface area (Å²) in [7, 11) is 1.99. The van der Waals surface area contributed by atoms with Crippen LogP contribution >= 0.6 is 0 Å². The molecule has 0 aliphatic carbocycles. The third-order valence-electron chi connectivity index (χ3n) is 7.19. The molecular weight excluding hydrogens is 509 g/mol. The quantitative estimate of drug-likeness (QED) is 0.257. The molecule has 8 heteroatoms. The van der Waals surface area contributed by atoms with Crippen molar-refractivity contribution in [2.45, 2.75) is 52.2 Å². The van der Waals surface area contributed by atoms with Gasteiger partial charge in [0.15, 0.2) is 0 Å². The van der Waals surface area contributed by atoms with Gasteiger partial charge >= 0.3 is 5.97 Å². The van der Waals surface area contributed by atoms with E-state index in [0.29, 0.717) is 26.2 Å². The minimum absolute atomic E-state index is 0.126. The predicted octanol–water partition coefficient (Wildman–Crippen LogP) is 5.43. The van der Waals surface area contributed by atoms with Crippen LogP contribution in [0.25, 0.3) is 0 Å². The van der Waals surface area contributed by atoms with Gasteiger partial charge in [-0.25, -0.2) is 4.39 Å². The smallest absolute Gasteiger partial charge is 0.303 e. The Balaban J connectivity index is 1.12. The Morgan fingerprint density at radius 1 is 0.950 bits per heavy atom. The van der Waals surface area contributed by atoms with E-state index in [1.54, 1.807) is 6.07 Å². The summed E-state index contributed by atoms with van der Waals surface area (Å²) in [4.78, 5) is 13.2. The molecule has 208 valence electrons. The minimum atomic E-state index is -0.792. The van der Waals surface area contributed by atoms with Gasteiger partial charge in [0.1, 0.15) is 18.2 Å². The highest BCUT2D eigenvalue weighted by Crippen LogP contribution is 2.25. The molecular formula is C32H34FN3O4. The average Bonchev–Trinajstić information content (AvgIpc) is 3.26. The summed E-state index contributed by atoms with van der Waals surface area (Å²) in [6.07, 6.45) is 1.58. The molecule has 0 bridgehead atoms. The summed E-state index contributed by atoms with van der Waals surface area (Å²) in [5.74, 6) is -0.285. The second-order valence-corrected chi connectivity index (χ2v) is 10.2. The molecule has 1 aliphatic rings. The molecule has 7 nitrogen and oxygen atoms in total. The van der Waals surface area contributed by atoms with Crippen LogP contribution in [0.1, 0.15) is 45.6 Å². The maximum Gasteiger partial charge on any atom is 0.303 e. The van der Waals surface area contributed by atoms with Gasteiger partial charge in [-0.1, -0.05) is 48.5 Å². The number of carbonyl (C=O) groups is 1. The number of rotatable bonds is 12. The summed E-state index contributed by atoms with van der Waals surface area (Å²) in [6, 6.07) is 22.6. The van der Waals surface area contributed by atoms with E-state index in [2.05, 4.69) is 29.2 Å². The standard InChI is InChI=1S/C32H34FN3O4/c1-35-31-15-16-36(19-29(31)30(34-35)22-39-20-26-3-2-4-27(33)17-26)18-24-5-7-25(8-6-24)21-40-28-12-9-23(10-13-28)11-14-32(37)38/h2-10,12-13,17H,11,14-16,18-22H2,1H3,(H,37,38). The average molecular weight is 544 g/mol. The number of hydrogen-bond acceptors (Lipinski definition) is 5. The fraction of sp³-hybridized carbons (Fsp3) is 0.312. The summed E-state index contributed by atoms with van der Waals surface area (Å²) in [5, 5.41) is 13.5. The minimum Gasteiger partial charge on any atom is -0.489 e. The van der Waals surface area contributed by atoms with E-state index < -0.39 is 5.97 Å². The Kier molecular flexibility index (Phi) is 8.88. The molecule has 1 aromatic heterocycles.